The van der Waals surface area contributed by atoms with Crippen molar-refractivity contribution in [1.82, 2.24) is 15.2 Å². The van der Waals surface area contributed by atoms with E-state index in [1.165, 1.54) is 11.8 Å². The topological polar surface area (TPSA) is 154 Å². The smallest absolute Gasteiger partial charge is 0.321 e. The number of carboxylic acids is 1. The van der Waals surface area contributed by atoms with E-state index in [0.717, 1.165) is 25.7 Å². The number of pyridine rings is 1. The fraction of sp³-hybridized carbons (Fsp3) is 0.304. The maximum Gasteiger partial charge on any atom is 0.321 e. The number of carbonyl (C=O) groups is 2. The van der Waals surface area contributed by atoms with Crippen LogP contribution in [0.5, 0.6) is 0 Å². The van der Waals surface area contributed by atoms with Crippen molar-refractivity contribution in [2.45, 2.75) is 38.0 Å². The second-order valence-electron chi connectivity index (χ2n) is 7.97. The fourth-order valence-corrected chi connectivity index (χ4v) is 3.98. The summed E-state index contributed by atoms with van der Waals surface area (Å²) in [4.78, 5) is 27.4. The molecule has 3 N–H and O–H groups in total. The number of benzene rings is 1. The lowest BCUT2D eigenvalue weighted by atomic mass is 9.77. The standard InChI is InChI=1S/C23H22N6O4/c24-12-15-3-10-19(25-13-15)27-23-29-28-22(33-23)21(32)26-18-8-6-17(7-9-18)16-4-1-14(2-5-16)11-20(30)31/h3,6-10,13-14,16H,1-2,4-5,11H2,(H,26,32)(H,30,31)(H,25,27,29). The maximum absolute atomic E-state index is 12.4. The molecule has 0 atom stereocenters. The van der Waals surface area contributed by atoms with E-state index in [-0.39, 0.29) is 24.2 Å². The van der Waals surface area contributed by atoms with Gasteiger partial charge in [0.15, 0.2) is 0 Å². The zero-order valence-corrected chi connectivity index (χ0v) is 17.7. The highest BCUT2D eigenvalue weighted by molar-refractivity contribution is 6.00. The minimum absolute atomic E-state index is 0.00575. The van der Waals surface area contributed by atoms with Crippen LogP contribution >= 0.6 is 0 Å². The third-order valence-corrected chi connectivity index (χ3v) is 5.70. The molecule has 1 saturated carbocycles. The van der Waals surface area contributed by atoms with Crippen LogP contribution in [0.2, 0.25) is 0 Å². The normalized spacial score (nSPS) is 17.7. The molecule has 0 saturated heterocycles. The van der Waals surface area contributed by atoms with Crippen LogP contribution in [0, 0.1) is 17.2 Å². The monoisotopic (exact) mass is 446 g/mol. The van der Waals surface area contributed by atoms with Crippen LogP contribution in [-0.2, 0) is 4.79 Å². The van der Waals surface area contributed by atoms with Crippen molar-refractivity contribution in [3.63, 3.8) is 0 Å². The van der Waals surface area contributed by atoms with Gasteiger partial charge in [-0.1, -0.05) is 17.2 Å². The number of carbonyl (C=O) groups excluding carboxylic acids is 1. The Labute approximate surface area is 189 Å². The largest absolute Gasteiger partial charge is 0.481 e. The van der Waals surface area contributed by atoms with Crippen molar-refractivity contribution in [2.24, 2.45) is 5.92 Å². The van der Waals surface area contributed by atoms with Crippen LogP contribution in [0.3, 0.4) is 0 Å². The average Bonchev–Trinajstić information content (AvgIpc) is 3.29. The predicted octanol–water partition coefficient (Wildman–Crippen LogP) is 4.08. The summed E-state index contributed by atoms with van der Waals surface area (Å²) in [6.45, 7) is 0. The van der Waals surface area contributed by atoms with E-state index in [4.69, 9.17) is 14.8 Å². The first-order chi connectivity index (χ1) is 16.0. The van der Waals surface area contributed by atoms with Gasteiger partial charge in [0.25, 0.3) is 0 Å². The van der Waals surface area contributed by atoms with E-state index >= 15 is 0 Å². The first kappa shape index (κ1) is 22.0. The summed E-state index contributed by atoms with van der Waals surface area (Å²) in [5, 5.41) is 30.8. The molecule has 10 nitrogen and oxygen atoms in total. The molecule has 1 aromatic carbocycles. The molecule has 4 rings (SSSR count). The Balaban J connectivity index is 1.31. The van der Waals surface area contributed by atoms with Crippen LogP contribution < -0.4 is 10.6 Å². The lowest BCUT2D eigenvalue weighted by Crippen LogP contribution is -2.16. The van der Waals surface area contributed by atoms with Gasteiger partial charge in [0.05, 0.1) is 5.56 Å². The summed E-state index contributed by atoms with van der Waals surface area (Å²) in [5.74, 6) is -0.401. The molecule has 0 bridgehead atoms. The Hall–Kier alpha value is -4.26. The van der Waals surface area contributed by atoms with Crippen LogP contribution in [-0.4, -0.2) is 32.2 Å². The van der Waals surface area contributed by atoms with E-state index in [2.05, 4.69) is 25.8 Å². The average molecular weight is 446 g/mol. The molecule has 1 aliphatic carbocycles. The van der Waals surface area contributed by atoms with E-state index in [0.29, 0.717) is 23.0 Å². The van der Waals surface area contributed by atoms with E-state index in [1.54, 1.807) is 12.1 Å². The van der Waals surface area contributed by atoms with Gasteiger partial charge in [-0.3, -0.25) is 14.9 Å². The van der Waals surface area contributed by atoms with E-state index in [9.17, 15) is 9.59 Å². The molecule has 168 valence electrons. The SMILES string of the molecule is N#Cc1ccc(Nc2nnc(C(=O)Nc3ccc(C4CCC(CC(=O)O)CC4)cc3)o2)nc1. The van der Waals surface area contributed by atoms with Crippen LogP contribution in [0.15, 0.2) is 47.0 Å². The predicted molar refractivity (Wildman–Crippen MR) is 118 cm³/mol. The van der Waals surface area contributed by atoms with Crippen molar-refractivity contribution in [3.8, 4) is 6.07 Å². The third kappa shape index (κ3) is 5.71. The van der Waals surface area contributed by atoms with Crippen LogP contribution in [0.1, 0.15) is 59.8 Å². The highest BCUT2D eigenvalue weighted by Gasteiger charge is 2.24. The number of aliphatic carboxylic acids is 1. The van der Waals surface area contributed by atoms with Crippen molar-refractivity contribution in [1.29, 1.82) is 5.26 Å². The molecule has 33 heavy (non-hydrogen) atoms. The summed E-state index contributed by atoms with van der Waals surface area (Å²) >= 11 is 0. The van der Waals surface area contributed by atoms with Gasteiger partial charge >= 0.3 is 23.8 Å². The first-order valence-electron chi connectivity index (χ1n) is 10.6. The van der Waals surface area contributed by atoms with Crippen molar-refractivity contribution in [3.05, 3.63) is 59.6 Å². The van der Waals surface area contributed by atoms with Crippen molar-refractivity contribution >= 4 is 29.4 Å². The summed E-state index contributed by atoms with van der Waals surface area (Å²) in [5.41, 5.74) is 2.20. The number of carboxylic acid groups (broad SMARTS) is 1. The Bertz CT molecular complexity index is 1160. The number of nitrogens with zero attached hydrogens (tertiary/aromatic N) is 4. The van der Waals surface area contributed by atoms with Gasteiger partial charge in [-0.2, -0.15) is 5.26 Å². The van der Waals surface area contributed by atoms with Crippen LogP contribution in [0.25, 0.3) is 0 Å². The highest BCUT2D eigenvalue weighted by Crippen LogP contribution is 2.37. The first-order valence-corrected chi connectivity index (χ1v) is 10.6. The number of aromatic nitrogens is 3. The van der Waals surface area contributed by atoms with Gasteiger partial charge in [-0.15, -0.1) is 5.10 Å². The van der Waals surface area contributed by atoms with E-state index in [1.807, 2.05) is 30.3 Å². The molecule has 10 heteroatoms. The molecular formula is C23H22N6O4. The molecule has 0 radical (unpaired) electrons. The van der Waals surface area contributed by atoms with Gasteiger partial charge < -0.3 is 14.8 Å². The molecule has 2 heterocycles. The van der Waals surface area contributed by atoms with E-state index < -0.39 is 11.9 Å². The third-order valence-electron chi connectivity index (χ3n) is 5.70. The maximum atomic E-state index is 12.4. The lowest BCUT2D eigenvalue weighted by Gasteiger charge is -2.28. The molecule has 2 aromatic heterocycles. The zero-order chi connectivity index (χ0) is 23.2. The highest BCUT2D eigenvalue weighted by atomic mass is 16.4. The molecule has 0 aliphatic heterocycles. The van der Waals surface area contributed by atoms with Crippen molar-refractivity contribution < 1.29 is 19.1 Å². The van der Waals surface area contributed by atoms with Gasteiger partial charge in [0, 0.05) is 18.3 Å². The summed E-state index contributed by atoms with van der Waals surface area (Å²) < 4.78 is 5.34. The van der Waals surface area contributed by atoms with Crippen molar-refractivity contribution in [2.75, 3.05) is 10.6 Å². The number of rotatable bonds is 7. The van der Waals surface area contributed by atoms with Crippen LogP contribution in [0.4, 0.5) is 17.5 Å². The second kappa shape index (κ2) is 9.91. The number of nitriles is 1. The molecule has 0 spiro atoms. The fourth-order valence-electron chi connectivity index (χ4n) is 3.98. The quantitative estimate of drug-likeness (QED) is 0.487. The Morgan fingerprint density at radius 2 is 1.85 bits per heavy atom. The second-order valence-corrected chi connectivity index (χ2v) is 7.97. The lowest BCUT2D eigenvalue weighted by molar-refractivity contribution is -0.138. The summed E-state index contributed by atoms with van der Waals surface area (Å²) in [6, 6.07) is 12.8. The molecule has 1 amide bonds. The molecule has 3 aromatic rings. The number of hydrogen-bond acceptors (Lipinski definition) is 8. The Kier molecular flexibility index (Phi) is 6.59. The summed E-state index contributed by atoms with van der Waals surface area (Å²) in [7, 11) is 0. The van der Waals surface area contributed by atoms with Gasteiger partial charge in [-0.05, 0) is 67.3 Å². The Morgan fingerprint density at radius 3 is 2.48 bits per heavy atom. The zero-order valence-electron chi connectivity index (χ0n) is 17.7. The number of hydrogen-bond donors (Lipinski definition) is 3. The van der Waals surface area contributed by atoms with Gasteiger partial charge in [0.2, 0.25) is 0 Å². The molecule has 1 aliphatic rings. The van der Waals surface area contributed by atoms with Gasteiger partial charge in [0.1, 0.15) is 11.9 Å². The van der Waals surface area contributed by atoms with Gasteiger partial charge in [-0.25, -0.2) is 4.98 Å². The summed E-state index contributed by atoms with van der Waals surface area (Å²) in [6.07, 6.45) is 5.42. The number of amides is 1. The molecule has 0 unspecified atom stereocenters. The molecular weight excluding hydrogens is 424 g/mol. The Morgan fingerprint density at radius 1 is 1.09 bits per heavy atom. The number of anilines is 3. The minimum Gasteiger partial charge on any atom is -0.481 e. The molecule has 1 fully saturated rings. The number of nitrogens with one attached hydrogen (secondary N) is 2. The minimum atomic E-state index is -0.728.